The number of hydrazone groups is 1. The molecule has 1 aliphatic heterocycles. The third kappa shape index (κ3) is 3.86. The van der Waals surface area contributed by atoms with Crippen LogP contribution in [-0.4, -0.2) is 27.5 Å². The van der Waals surface area contributed by atoms with E-state index < -0.39 is 0 Å². The van der Waals surface area contributed by atoms with Crippen molar-refractivity contribution in [2.75, 3.05) is 11.1 Å². The van der Waals surface area contributed by atoms with Gasteiger partial charge in [-0.25, -0.2) is 4.99 Å². The summed E-state index contributed by atoms with van der Waals surface area (Å²) in [4.78, 5) is 19.0. The minimum absolute atomic E-state index is 0.101. The predicted molar refractivity (Wildman–Crippen MR) is 100 cm³/mol. The van der Waals surface area contributed by atoms with Gasteiger partial charge in [-0.05, 0) is 38.1 Å². The van der Waals surface area contributed by atoms with Gasteiger partial charge in [0.05, 0.1) is 11.4 Å². The molecule has 0 saturated heterocycles. The summed E-state index contributed by atoms with van der Waals surface area (Å²) in [6.45, 7) is 5.57. The molecule has 1 aromatic carbocycles. The Morgan fingerprint density at radius 3 is 2.79 bits per heavy atom. The number of amidine groups is 1. The van der Waals surface area contributed by atoms with E-state index in [2.05, 4.69) is 31.9 Å². The van der Waals surface area contributed by atoms with E-state index in [1.165, 1.54) is 6.92 Å². The summed E-state index contributed by atoms with van der Waals surface area (Å²) in [7, 11) is 0. The molecule has 0 saturated carbocycles. The summed E-state index contributed by atoms with van der Waals surface area (Å²) in [6.07, 6.45) is 0. The van der Waals surface area contributed by atoms with Crippen molar-refractivity contribution < 1.29 is 4.79 Å². The number of aromatic amines is 1. The first-order valence-corrected chi connectivity index (χ1v) is 8.58. The molecule has 0 fully saturated rings. The fourth-order valence-corrected chi connectivity index (χ4v) is 3.28. The Kier molecular flexibility index (Phi) is 4.71. The molecule has 0 spiro atoms. The Hall–Kier alpha value is -2.54. The molecule has 1 aromatic heterocycles. The molecule has 2 heterocycles. The van der Waals surface area contributed by atoms with Crippen LogP contribution in [0.3, 0.4) is 0 Å². The maximum atomic E-state index is 11.1. The summed E-state index contributed by atoms with van der Waals surface area (Å²) in [5, 5.41) is 7.94. The van der Waals surface area contributed by atoms with Gasteiger partial charge in [-0.3, -0.25) is 10.2 Å². The molecular weight excluding hydrogens is 322 g/mol. The third-order valence-corrected chi connectivity index (χ3v) is 4.36. The van der Waals surface area contributed by atoms with Crippen molar-refractivity contribution in [3.8, 4) is 0 Å². The average molecular weight is 341 g/mol. The van der Waals surface area contributed by atoms with E-state index in [0.29, 0.717) is 0 Å². The molecule has 7 heteroatoms. The first-order valence-electron chi connectivity index (χ1n) is 7.59. The zero-order valence-corrected chi connectivity index (χ0v) is 14.6. The van der Waals surface area contributed by atoms with Crippen LogP contribution in [0.5, 0.6) is 0 Å². The van der Waals surface area contributed by atoms with Crippen LogP contribution in [0.15, 0.2) is 40.4 Å². The van der Waals surface area contributed by atoms with Crippen LogP contribution in [-0.2, 0) is 4.79 Å². The number of aromatic nitrogens is 1. The van der Waals surface area contributed by atoms with Crippen LogP contribution < -0.4 is 10.7 Å². The third-order valence-electron chi connectivity index (χ3n) is 3.49. The van der Waals surface area contributed by atoms with Crippen LogP contribution in [0.1, 0.15) is 23.9 Å². The fraction of sp³-hybridized carbons (Fsp3) is 0.235. The zero-order chi connectivity index (χ0) is 17.1. The summed E-state index contributed by atoms with van der Waals surface area (Å²) in [5.74, 6) is 0.659. The number of H-pyrrole nitrogens is 1. The normalized spacial score (nSPS) is 15.8. The van der Waals surface area contributed by atoms with E-state index in [1.54, 1.807) is 11.8 Å². The van der Waals surface area contributed by atoms with Gasteiger partial charge in [0.2, 0.25) is 5.91 Å². The monoisotopic (exact) mass is 341 g/mol. The molecule has 1 aliphatic rings. The van der Waals surface area contributed by atoms with Gasteiger partial charge in [0.25, 0.3) is 0 Å². The van der Waals surface area contributed by atoms with Crippen molar-refractivity contribution >= 4 is 39.9 Å². The average Bonchev–Trinajstić information content (AvgIpc) is 2.86. The molecule has 124 valence electrons. The van der Waals surface area contributed by atoms with Gasteiger partial charge in [-0.15, -0.1) is 0 Å². The van der Waals surface area contributed by atoms with Gasteiger partial charge in [0.15, 0.2) is 5.17 Å². The van der Waals surface area contributed by atoms with Crippen LogP contribution >= 0.6 is 11.8 Å². The number of nitrogens with zero attached hydrogens (tertiary/aromatic N) is 2. The summed E-state index contributed by atoms with van der Waals surface area (Å²) < 4.78 is 0. The number of carbonyl (C=O) groups is 1. The molecule has 6 nitrogen and oxygen atoms in total. The molecule has 24 heavy (non-hydrogen) atoms. The molecule has 0 radical (unpaired) electrons. The van der Waals surface area contributed by atoms with Gasteiger partial charge >= 0.3 is 0 Å². The largest absolute Gasteiger partial charge is 0.362 e. The van der Waals surface area contributed by atoms with Crippen LogP contribution in [0, 0.1) is 13.8 Å². The van der Waals surface area contributed by atoms with Crippen molar-refractivity contribution in [2.24, 2.45) is 10.1 Å². The number of thioether (sulfide) groups is 1. The van der Waals surface area contributed by atoms with E-state index in [4.69, 9.17) is 0 Å². The lowest BCUT2D eigenvalue weighted by Crippen LogP contribution is -2.25. The van der Waals surface area contributed by atoms with Crippen molar-refractivity contribution in [3.05, 3.63) is 47.3 Å². The van der Waals surface area contributed by atoms with Gasteiger partial charge < -0.3 is 10.3 Å². The number of aryl methyl sites for hydroxylation is 2. The maximum absolute atomic E-state index is 11.1. The standard InChI is InChI=1S/C17H19N5OS/c1-10-7-15(11(2)18-10)16-9-24-17(22-21-16)20-14-6-4-5-13(8-14)19-12(3)23/h4-8,18H,9H2,1-3H3,(H,19,23)(H,20,22). The molecule has 3 N–H and O–H groups in total. The van der Waals surface area contributed by atoms with Gasteiger partial charge in [-0.1, -0.05) is 17.8 Å². The molecule has 0 aliphatic carbocycles. The van der Waals surface area contributed by atoms with Crippen molar-refractivity contribution in [3.63, 3.8) is 0 Å². The number of anilines is 1. The highest BCUT2D eigenvalue weighted by Crippen LogP contribution is 2.22. The number of hydrogen-bond acceptors (Lipinski definition) is 4. The Morgan fingerprint density at radius 1 is 1.33 bits per heavy atom. The highest BCUT2D eigenvalue weighted by Gasteiger charge is 2.16. The van der Waals surface area contributed by atoms with Crippen LogP contribution in [0.4, 0.5) is 11.4 Å². The molecule has 2 aromatic rings. The van der Waals surface area contributed by atoms with Crippen molar-refractivity contribution in [1.29, 1.82) is 0 Å². The highest BCUT2D eigenvalue weighted by atomic mass is 32.2. The first kappa shape index (κ1) is 16.3. The van der Waals surface area contributed by atoms with Crippen LogP contribution in [0.2, 0.25) is 0 Å². The Balaban J connectivity index is 1.75. The van der Waals surface area contributed by atoms with Gasteiger partial charge in [0, 0.05) is 35.3 Å². The predicted octanol–water partition coefficient (Wildman–Crippen LogP) is 3.32. The number of nitrogens with one attached hydrogen (secondary N) is 3. The maximum Gasteiger partial charge on any atom is 0.221 e. The highest BCUT2D eigenvalue weighted by molar-refractivity contribution is 8.14. The van der Waals surface area contributed by atoms with E-state index in [1.807, 2.05) is 38.1 Å². The molecular formula is C17H19N5OS. The molecule has 0 unspecified atom stereocenters. The summed E-state index contributed by atoms with van der Waals surface area (Å²) in [6, 6.07) is 9.52. The second kappa shape index (κ2) is 6.92. The summed E-state index contributed by atoms with van der Waals surface area (Å²) >= 11 is 1.61. The van der Waals surface area contributed by atoms with E-state index in [-0.39, 0.29) is 5.91 Å². The quantitative estimate of drug-likeness (QED) is 0.801. The number of carbonyl (C=O) groups excluding carboxylic acids is 1. The Morgan fingerprint density at radius 2 is 2.17 bits per heavy atom. The van der Waals surface area contributed by atoms with E-state index in [9.17, 15) is 4.79 Å². The second-order valence-electron chi connectivity index (χ2n) is 5.60. The van der Waals surface area contributed by atoms with E-state index in [0.717, 1.165) is 45.0 Å². The van der Waals surface area contributed by atoms with Crippen LogP contribution in [0.25, 0.3) is 0 Å². The van der Waals surface area contributed by atoms with Gasteiger partial charge in [0.1, 0.15) is 0 Å². The smallest absolute Gasteiger partial charge is 0.221 e. The SMILES string of the molecule is CC(=O)Nc1cccc(N=C2NN=C(c3cc(C)[nH]c3C)CS2)c1. The number of amides is 1. The molecule has 0 atom stereocenters. The van der Waals surface area contributed by atoms with Crippen molar-refractivity contribution in [1.82, 2.24) is 10.4 Å². The Labute approximate surface area is 144 Å². The Bertz CT molecular complexity index is 837. The second-order valence-corrected chi connectivity index (χ2v) is 6.56. The fourth-order valence-electron chi connectivity index (χ4n) is 2.51. The topological polar surface area (TPSA) is 81.6 Å². The minimum atomic E-state index is -0.101. The number of aliphatic imine (C=N–C) groups is 1. The molecule has 0 bridgehead atoms. The minimum Gasteiger partial charge on any atom is -0.362 e. The van der Waals surface area contributed by atoms with E-state index >= 15 is 0 Å². The lowest BCUT2D eigenvalue weighted by atomic mass is 10.1. The van der Waals surface area contributed by atoms with Gasteiger partial charge in [-0.2, -0.15) is 5.10 Å². The lowest BCUT2D eigenvalue weighted by Gasteiger charge is -2.14. The number of hydrogen-bond donors (Lipinski definition) is 3. The first-order chi connectivity index (χ1) is 11.5. The number of benzene rings is 1. The zero-order valence-electron chi connectivity index (χ0n) is 13.8. The lowest BCUT2D eigenvalue weighted by molar-refractivity contribution is -0.114. The molecule has 3 rings (SSSR count). The molecule has 1 amide bonds. The van der Waals surface area contributed by atoms with Crippen molar-refractivity contribution in [2.45, 2.75) is 20.8 Å². The summed E-state index contributed by atoms with van der Waals surface area (Å²) in [5.41, 5.74) is 8.91. The number of rotatable bonds is 3.